The summed E-state index contributed by atoms with van der Waals surface area (Å²) in [7, 11) is 0. The zero-order chi connectivity index (χ0) is 11.2. The Hall–Kier alpha value is -1.55. The number of carbonyl (C=O) groups is 1. The lowest BCUT2D eigenvalue weighted by Crippen LogP contribution is -2.29. The van der Waals surface area contributed by atoms with Crippen molar-refractivity contribution < 1.29 is 9.53 Å². The van der Waals surface area contributed by atoms with Gasteiger partial charge >= 0.3 is 6.09 Å². The van der Waals surface area contributed by atoms with Crippen LogP contribution in [-0.2, 0) is 11.3 Å². The minimum atomic E-state index is -0.336. The summed E-state index contributed by atoms with van der Waals surface area (Å²) in [5.74, 6) is 0. The van der Waals surface area contributed by atoms with Crippen LogP contribution in [0.2, 0.25) is 0 Å². The summed E-state index contributed by atoms with van der Waals surface area (Å²) < 4.78 is 5.22. The quantitative estimate of drug-likeness (QED) is 0.806. The first-order valence-corrected chi connectivity index (χ1v) is 5.54. The van der Waals surface area contributed by atoms with Crippen molar-refractivity contribution in [3.8, 4) is 0 Å². The van der Waals surface area contributed by atoms with Crippen LogP contribution >= 0.6 is 0 Å². The molecule has 0 saturated carbocycles. The Morgan fingerprint density at radius 3 is 2.94 bits per heavy atom. The number of amides is 1. The van der Waals surface area contributed by atoms with Crippen LogP contribution < -0.4 is 10.6 Å². The first-order chi connectivity index (χ1) is 7.84. The lowest BCUT2D eigenvalue weighted by Gasteiger charge is -2.11. The molecule has 2 N–H and O–H groups in total. The molecule has 1 amide bonds. The summed E-state index contributed by atoms with van der Waals surface area (Å²) in [6.45, 7) is 2.20. The van der Waals surface area contributed by atoms with E-state index in [2.05, 4.69) is 10.6 Å². The highest BCUT2D eigenvalue weighted by molar-refractivity contribution is 5.67. The van der Waals surface area contributed by atoms with Gasteiger partial charge < -0.3 is 15.4 Å². The normalized spacial score (nSPS) is 19.4. The topological polar surface area (TPSA) is 50.4 Å². The van der Waals surface area contributed by atoms with E-state index in [1.807, 2.05) is 30.3 Å². The number of ether oxygens (including phenoxy) is 1. The van der Waals surface area contributed by atoms with Gasteiger partial charge in [-0.1, -0.05) is 30.3 Å². The van der Waals surface area contributed by atoms with Crippen LogP contribution in [0.15, 0.2) is 30.3 Å². The van der Waals surface area contributed by atoms with Gasteiger partial charge in [0, 0.05) is 13.1 Å². The molecule has 0 radical (unpaired) electrons. The maximum absolute atomic E-state index is 11.4. The molecule has 1 heterocycles. The Bertz CT molecular complexity index is 334. The zero-order valence-corrected chi connectivity index (χ0v) is 9.11. The summed E-state index contributed by atoms with van der Waals surface area (Å²) >= 11 is 0. The van der Waals surface area contributed by atoms with Gasteiger partial charge in [0.1, 0.15) is 6.10 Å². The molecular weight excluding hydrogens is 204 g/mol. The molecule has 0 unspecified atom stereocenters. The average Bonchev–Trinajstić information content (AvgIpc) is 2.81. The highest BCUT2D eigenvalue weighted by Gasteiger charge is 2.18. The highest BCUT2D eigenvalue weighted by Crippen LogP contribution is 2.03. The van der Waals surface area contributed by atoms with Gasteiger partial charge in [-0.15, -0.1) is 0 Å². The minimum absolute atomic E-state index is 0.0239. The van der Waals surface area contributed by atoms with Crippen molar-refractivity contribution in [2.45, 2.75) is 19.1 Å². The van der Waals surface area contributed by atoms with Gasteiger partial charge in [0.15, 0.2) is 0 Å². The average molecular weight is 220 g/mol. The number of hydrogen-bond acceptors (Lipinski definition) is 3. The van der Waals surface area contributed by atoms with E-state index in [1.54, 1.807) is 0 Å². The molecule has 0 bridgehead atoms. The van der Waals surface area contributed by atoms with Gasteiger partial charge in [-0.25, -0.2) is 4.79 Å². The van der Waals surface area contributed by atoms with Crippen LogP contribution in [0.25, 0.3) is 0 Å². The fraction of sp³-hybridized carbons (Fsp3) is 0.417. The number of nitrogens with one attached hydrogen (secondary N) is 2. The smallest absolute Gasteiger partial charge is 0.407 e. The second-order valence-corrected chi connectivity index (χ2v) is 3.86. The van der Waals surface area contributed by atoms with Gasteiger partial charge in [0.05, 0.1) is 0 Å². The van der Waals surface area contributed by atoms with Crippen LogP contribution in [0, 0.1) is 0 Å². The molecule has 1 saturated heterocycles. The Morgan fingerprint density at radius 2 is 2.25 bits per heavy atom. The first kappa shape index (κ1) is 11.0. The van der Waals surface area contributed by atoms with Gasteiger partial charge in [-0.05, 0) is 18.5 Å². The van der Waals surface area contributed by atoms with Crippen LogP contribution in [0.5, 0.6) is 0 Å². The lowest BCUT2D eigenvalue weighted by molar-refractivity contribution is 0.107. The molecule has 0 spiro atoms. The number of rotatable bonds is 3. The molecule has 1 fully saturated rings. The maximum atomic E-state index is 11.4. The van der Waals surface area contributed by atoms with Crippen molar-refractivity contribution in [2.75, 3.05) is 13.1 Å². The van der Waals surface area contributed by atoms with E-state index in [9.17, 15) is 4.79 Å². The molecular formula is C12H16N2O2. The molecule has 1 aromatic rings. The zero-order valence-electron chi connectivity index (χ0n) is 9.11. The summed E-state index contributed by atoms with van der Waals surface area (Å²) in [6, 6.07) is 9.79. The Balaban J connectivity index is 1.71. The predicted molar refractivity (Wildman–Crippen MR) is 61.0 cm³/mol. The summed E-state index contributed by atoms with van der Waals surface area (Å²) in [5.41, 5.74) is 1.07. The van der Waals surface area contributed by atoms with Crippen molar-refractivity contribution in [3.05, 3.63) is 35.9 Å². The van der Waals surface area contributed by atoms with Crippen molar-refractivity contribution in [1.29, 1.82) is 0 Å². The van der Waals surface area contributed by atoms with Crippen molar-refractivity contribution in [3.63, 3.8) is 0 Å². The van der Waals surface area contributed by atoms with E-state index in [4.69, 9.17) is 4.74 Å². The fourth-order valence-corrected chi connectivity index (χ4v) is 1.69. The molecule has 1 aliphatic heterocycles. The van der Waals surface area contributed by atoms with E-state index in [-0.39, 0.29) is 12.2 Å². The largest absolute Gasteiger partial charge is 0.445 e. The second-order valence-electron chi connectivity index (χ2n) is 3.86. The molecule has 16 heavy (non-hydrogen) atoms. The third-order valence-corrected chi connectivity index (χ3v) is 2.57. The Kier molecular flexibility index (Phi) is 3.77. The van der Waals surface area contributed by atoms with Gasteiger partial charge in [-0.3, -0.25) is 0 Å². The number of carbonyl (C=O) groups excluding carboxylic acids is 1. The molecule has 1 aliphatic rings. The third kappa shape index (κ3) is 3.24. The van der Waals surface area contributed by atoms with E-state index in [0.29, 0.717) is 6.54 Å². The molecule has 0 aliphatic carbocycles. The highest BCUT2D eigenvalue weighted by atomic mass is 16.6. The third-order valence-electron chi connectivity index (χ3n) is 2.57. The molecule has 2 rings (SSSR count). The standard InChI is InChI=1S/C12H16N2O2/c15-12(16-11-6-7-13-9-11)14-8-10-4-2-1-3-5-10/h1-5,11,13H,6-9H2,(H,14,15)/t11-/m0/s1. The van der Waals surface area contributed by atoms with Gasteiger partial charge in [0.25, 0.3) is 0 Å². The number of hydrogen-bond donors (Lipinski definition) is 2. The molecule has 86 valence electrons. The second kappa shape index (κ2) is 5.51. The molecule has 4 heteroatoms. The Labute approximate surface area is 95.0 Å². The fourth-order valence-electron chi connectivity index (χ4n) is 1.69. The molecule has 4 nitrogen and oxygen atoms in total. The van der Waals surface area contributed by atoms with Crippen molar-refractivity contribution >= 4 is 6.09 Å². The van der Waals surface area contributed by atoms with E-state index >= 15 is 0 Å². The summed E-state index contributed by atoms with van der Waals surface area (Å²) in [6.07, 6.45) is 0.590. The van der Waals surface area contributed by atoms with Crippen molar-refractivity contribution in [1.82, 2.24) is 10.6 Å². The molecule has 1 aromatic carbocycles. The predicted octanol–water partition coefficient (Wildman–Crippen LogP) is 1.27. The summed E-state index contributed by atoms with van der Waals surface area (Å²) in [4.78, 5) is 11.4. The maximum Gasteiger partial charge on any atom is 0.407 e. The van der Waals surface area contributed by atoms with Crippen LogP contribution in [0.3, 0.4) is 0 Å². The summed E-state index contributed by atoms with van der Waals surface area (Å²) in [5, 5.41) is 5.88. The van der Waals surface area contributed by atoms with E-state index < -0.39 is 0 Å². The SMILES string of the molecule is O=C(NCc1ccccc1)O[C@H]1CCNC1. The molecule has 1 atom stereocenters. The molecule has 0 aromatic heterocycles. The van der Waals surface area contributed by atoms with E-state index in [0.717, 1.165) is 25.1 Å². The monoisotopic (exact) mass is 220 g/mol. The number of alkyl carbamates (subject to hydrolysis) is 1. The lowest BCUT2D eigenvalue weighted by atomic mass is 10.2. The van der Waals surface area contributed by atoms with Crippen LogP contribution in [0.4, 0.5) is 4.79 Å². The number of benzene rings is 1. The van der Waals surface area contributed by atoms with Crippen molar-refractivity contribution in [2.24, 2.45) is 0 Å². The van der Waals surface area contributed by atoms with Crippen LogP contribution in [-0.4, -0.2) is 25.3 Å². The van der Waals surface area contributed by atoms with E-state index in [1.165, 1.54) is 0 Å². The van der Waals surface area contributed by atoms with Gasteiger partial charge in [-0.2, -0.15) is 0 Å². The van der Waals surface area contributed by atoms with Crippen LogP contribution in [0.1, 0.15) is 12.0 Å². The Morgan fingerprint density at radius 1 is 1.44 bits per heavy atom. The first-order valence-electron chi connectivity index (χ1n) is 5.54. The van der Waals surface area contributed by atoms with Gasteiger partial charge in [0.2, 0.25) is 0 Å². The minimum Gasteiger partial charge on any atom is -0.445 e.